The third-order valence-electron chi connectivity index (χ3n) is 5.71. The SMILES string of the molecule is CCN(CC)CC(=O)N1CCC2NNC(c3ccc(C(F)(F)F)cc3)C2C1. The van der Waals surface area contributed by atoms with Crippen molar-refractivity contribution >= 4 is 5.91 Å². The van der Waals surface area contributed by atoms with Gasteiger partial charge < -0.3 is 4.90 Å². The number of nitrogens with zero attached hydrogens (tertiary/aromatic N) is 2. The zero-order valence-corrected chi connectivity index (χ0v) is 15.7. The molecule has 0 spiro atoms. The molecule has 3 atom stereocenters. The number of fused-ring (bicyclic) bond motifs is 1. The van der Waals surface area contributed by atoms with Gasteiger partial charge in [0, 0.05) is 25.0 Å². The number of carbonyl (C=O) groups is 1. The van der Waals surface area contributed by atoms with Gasteiger partial charge in [-0.2, -0.15) is 13.2 Å². The van der Waals surface area contributed by atoms with Crippen LogP contribution in [0.5, 0.6) is 0 Å². The number of benzene rings is 1. The molecule has 0 saturated carbocycles. The van der Waals surface area contributed by atoms with E-state index in [4.69, 9.17) is 0 Å². The van der Waals surface area contributed by atoms with Crippen molar-refractivity contribution in [3.05, 3.63) is 35.4 Å². The molecular formula is C19H27F3N4O. The molecule has 2 aliphatic heterocycles. The maximum atomic E-state index is 12.8. The first-order valence-corrected chi connectivity index (χ1v) is 9.51. The summed E-state index contributed by atoms with van der Waals surface area (Å²) < 4.78 is 38.4. The Kier molecular flexibility index (Phi) is 6.08. The first-order valence-electron chi connectivity index (χ1n) is 9.51. The van der Waals surface area contributed by atoms with Gasteiger partial charge in [0.15, 0.2) is 0 Å². The summed E-state index contributed by atoms with van der Waals surface area (Å²) in [4.78, 5) is 16.6. The number of likely N-dealkylation sites (tertiary alicyclic amines) is 1. The number of halogens is 3. The normalized spacial score (nSPS) is 25.7. The standard InChI is InChI=1S/C19H27F3N4O/c1-3-25(4-2)12-17(27)26-10-9-16-15(11-26)18(24-23-16)13-5-7-14(8-6-13)19(20,21)22/h5-8,15-16,18,23-24H,3-4,9-12H2,1-2H3. The summed E-state index contributed by atoms with van der Waals surface area (Å²) in [7, 11) is 0. The molecule has 8 heteroatoms. The minimum absolute atomic E-state index is 0.110. The molecule has 0 aliphatic carbocycles. The summed E-state index contributed by atoms with van der Waals surface area (Å²) >= 11 is 0. The smallest absolute Gasteiger partial charge is 0.341 e. The van der Waals surface area contributed by atoms with E-state index >= 15 is 0 Å². The molecule has 1 amide bonds. The summed E-state index contributed by atoms with van der Waals surface area (Å²) in [5.41, 5.74) is 6.63. The molecule has 1 aromatic rings. The van der Waals surface area contributed by atoms with E-state index in [2.05, 4.69) is 15.8 Å². The zero-order valence-electron chi connectivity index (χ0n) is 15.7. The van der Waals surface area contributed by atoms with Crippen LogP contribution in [0.4, 0.5) is 13.2 Å². The van der Waals surface area contributed by atoms with Gasteiger partial charge in [-0.3, -0.25) is 15.1 Å². The van der Waals surface area contributed by atoms with E-state index in [9.17, 15) is 18.0 Å². The second kappa shape index (κ2) is 8.16. The Morgan fingerprint density at radius 3 is 2.44 bits per heavy atom. The van der Waals surface area contributed by atoms with E-state index in [1.54, 1.807) is 0 Å². The Balaban J connectivity index is 1.68. The molecule has 0 bridgehead atoms. The van der Waals surface area contributed by atoms with Crippen LogP contribution in [0.2, 0.25) is 0 Å². The lowest BCUT2D eigenvalue weighted by molar-refractivity contribution is -0.137. The number of alkyl halides is 3. The van der Waals surface area contributed by atoms with Crippen molar-refractivity contribution in [3.8, 4) is 0 Å². The Hall–Kier alpha value is -1.64. The van der Waals surface area contributed by atoms with Crippen LogP contribution in [0.25, 0.3) is 0 Å². The molecular weight excluding hydrogens is 357 g/mol. The van der Waals surface area contributed by atoms with Crippen LogP contribution in [-0.2, 0) is 11.0 Å². The minimum atomic E-state index is -4.33. The first-order chi connectivity index (χ1) is 12.8. The summed E-state index contributed by atoms with van der Waals surface area (Å²) in [6.07, 6.45) is -3.50. The van der Waals surface area contributed by atoms with Gasteiger partial charge in [0.05, 0.1) is 18.2 Å². The molecule has 27 heavy (non-hydrogen) atoms. The van der Waals surface area contributed by atoms with E-state index in [1.165, 1.54) is 12.1 Å². The van der Waals surface area contributed by atoms with Crippen molar-refractivity contribution in [2.24, 2.45) is 5.92 Å². The molecule has 2 aliphatic rings. The molecule has 3 rings (SSSR count). The largest absolute Gasteiger partial charge is 0.416 e. The minimum Gasteiger partial charge on any atom is -0.341 e. The second-order valence-corrected chi connectivity index (χ2v) is 7.25. The lowest BCUT2D eigenvalue weighted by Crippen LogP contribution is -2.50. The van der Waals surface area contributed by atoms with E-state index in [-0.39, 0.29) is 23.9 Å². The topological polar surface area (TPSA) is 47.6 Å². The molecule has 2 fully saturated rings. The van der Waals surface area contributed by atoms with Crippen LogP contribution in [0.15, 0.2) is 24.3 Å². The number of rotatable bonds is 5. The molecule has 0 aromatic heterocycles. The van der Waals surface area contributed by atoms with Crippen LogP contribution < -0.4 is 10.9 Å². The molecule has 1 aromatic carbocycles. The number of carbonyl (C=O) groups excluding carboxylic acids is 1. The number of amides is 1. The molecule has 2 saturated heterocycles. The fraction of sp³-hybridized carbons (Fsp3) is 0.632. The highest BCUT2D eigenvalue weighted by Gasteiger charge is 2.41. The van der Waals surface area contributed by atoms with Crippen LogP contribution >= 0.6 is 0 Å². The van der Waals surface area contributed by atoms with Gasteiger partial charge in [0.25, 0.3) is 0 Å². The number of piperidine rings is 1. The Bertz CT molecular complexity index is 645. The fourth-order valence-electron chi connectivity index (χ4n) is 3.98. The molecule has 2 heterocycles. The number of hydrogen-bond donors (Lipinski definition) is 2. The van der Waals surface area contributed by atoms with Gasteiger partial charge in [-0.1, -0.05) is 26.0 Å². The predicted octanol–water partition coefficient (Wildman–Crippen LogP) is 2.41. The van der Waals surface area contributed by atoms with Crippen molar-refractivity contribution < 1.29 is 18.0 Å². The van der Waals surface area contributed by atoms with Gasteiger partial charge in [-0.25, -0.2) is 5.43 Å². The van der Waals surface area contributed by atoms with Gasteiger partial charge in [0.1, 0.15) is 0 Å². The van der Waals surface area contributed by atoms with Gasteiger partial charge in [-0.05, 0) is 37.2 Å². The fourth-order valence-corrected chi connectivity index (χ4v) is 3.98. The summed E-state index contributed by atoms with van der Waals surface area (Å²) in [6.45, 7) is 7.46. The Morgan fingerprint density at radius 2 is 1.85 bits per heavy atom. The average Bonchev–Trinajstić information content (AvgIpc) is 3.08. The quantitative estimate of drug-likeness (QED) is 0.819. The molecule has 2 N–H and O–H groups in total. The van der Waals surface area contributed by atoms with Crippen LogP contribution in [0.3, 0.4) is 0 Å². The van der Waals surface area contributed by atoms with Crippen LogP contribution in [-0.4, -0.2) is 54.5 Å². The average molecular weight is 384 g/mol. The van der Waals surface area contributed by atoms with Crippen molar-refractivity contribution in [1.82, 2.24) is 20.7 Å². The zero-order chi connectivity index (χ0) is 19.6. The van der Waals surface area contributed by atoms with Crippen LogP contribution in [0.1, 0.15) is 37.4 Å². The predicted molar refractivity (Wildman–Crippen MR) is 96.7 cm³/mol. The third kappa shape index (κ3) is 4.44. The Labute approximate surface area is 157 Å². The van der Waals surface area contributed by atoms with Crippen molar-refractivity contribution in [1.29, 1.82) is 0 Å². The number of nitrogens with one attached hydrogen (secondary N) is 2. The van der Waals surface area contributed by atoms with Crippen molar-refractivity contribution in [2.45, 2.75) is 38.5 Å². The highest BCUT2D eigenvalue weighted by Crippen LogP contribution is 2.35. The highest BCUT2D eigenvalue weighted by atomic mass is 19.4. The van der Waals surface area contributed by atoms with E-state index < -0.39 is 11.7 Å². The van der Waals surface area contributed by atoms with Crippen molar-refractivity contribution in [2.75, 3.05) is 32.7 Å². The second-order valence-electron chi connectivity index (χ2n) is 7.25. The molecule has 150 valence electrons. The summed E-state index contributed by atoms with van der Waals surface area (Å²) in [5, 5.41) is 0. The van der Waals surface area contributed by atoms with E-state index in [0.717, 1.165) is 37.2 Å². The molecule has 5 nitrogen and oxygen atoms in total. The number of likely N-dealkylation sites (N-methyl/N-ethyl adjacent to an activating group) is 1. The van der Waals surface area contributed by atoms with Gasteiger partial charge >= 0.3 is 6.18 Å². The van der Waals surface area contributed by atoms with Gasteiger partial charge in [0.2, 0.25) is 5.91 Å². The highest BCUT2D eigenvalue weighted by molar-refractivity contribution is 5.78. The number of hydrazine groups is 1. The lowest BCUT2D eigenvalue weighted by atomic mass is 9.85. The van der Waals surface area contributed by atoms with Gasteiger partial charge in [-0.15, -0.1) is 0 Å². The monoisotopic (exact) mass is 384 g/mol. The molecule has 3 unspecified atom stereocenters. The summed E-state index contributed by atoms with van der Waals surface area (Å²) in [6, 6.07) is 5.41. The van der Waals surface area contributed by atoms with Crippen molar-refractivity contribution in [3.63, 3.8) is 0 Å². The van der Waals surface area contributed by atoms with E-state index in [1.807, 2.05) is 18.7 Å². The van der Waals surface area contributed by atoms with E-state index in [0.29, 0.717) is 19.6 Å². The first kappa shape index (κ1) is 20.1. The molecule has 0 radical (unpaired) electrons. The number of hydrogen-bond acceptors (Lipinski definition) is 4. The van der Waals surface area contributed by atoms with Crippen LogP contribution in [0, 0.1) is 5.92 Å². The summed E-state index contributed by atoms with van der Waals surface area (Å²) in [5.74, 6) is 0.256. The lowest BCUT2D eigenvalue weighted by Gasteiger charge is -2.37. The maximum Gasteiger partial charge on any atom is 0.416 e. The third-order valence-corrected chi connectivity index (χ3v) is 5.71. The Morgan fingerprint density at radius 1 is 1.19 bits per heavy atom. The maximum absolute atomic E-state index is 12.8.